The maximum Gasteiger partial charge on any atom is 0.573 e. The Balaban J connectivity index is 1.29. The van der Waals surface area contributed by atoms with E-state index in [1.54, 1.807) is 6.07 Å². The van der Waals surface area contributed by atoms with Crippen molar-refractivity contribution in [1.82, 2.24) is 0 Å². The summed E-state index contributed by atoms with van der Waals surface area (Å²) in [6.07, 6.45) is 11.0. The summed E-state index contributed by atoms with van der Waals surface area (Å²) in [4.78, 5) is 0. The molecule has 0 spiro atoms. The predicted octanol–water partition coefficient (Wildman–Crippen LogP) is 9.54. The summed E-state index contributed by atoms with van der Waals surface area (Å²) in [6.45, 7) is 2.29. The predicted molar refractivity (Wildman–Crippen MR) is 125 cm³/mol. The minimum atomic E-state index is -4.90. The van der Waals surface area contributed by atoms with Gasteiger partial charge in [-0.2, -0.15) is 0 Å². The van der Waals surface area contributed by atoms with Crippen molar-refractivity contribution in [2.75, 3.05) is 0 Å². The fourth-order valence-electron chi connectivity index (χ4n) is 6.22. The Morgan fingerprint density at radius 2 is 1.36 bits per heavy atom. The van der Waals surface area contributed by atoms with Gasteiger partial charge in [-0.1, -0.05) is 82.6 Å². The normalized spacial score (nSPS) is 26.5. The molecule has 2 saturated carbocycles. The molecule has 2 aromatic carbocycles. The topological polar surface area (TPSA) is 9.23 Å². The van der Waals surface area contributed by atoms with E-state index in [1.165, 1.54) is 75.8 Å². The lowest BCUT2D eigenvalue weighted by atomic mass is 9.74. The maximum atomic E-state index is 14.5. The van der Waals surface area contributed by atoms with Gasteiger partial charge in [0.25, 0.3) is 0 Å². The van der Waals surface area contributed by atoms with Crippen molar-refractivity contribution in [2.45, 2.75) is 96.3 Å². The first-order valence-corrected chi connectivity index (χ1v) is 12.8. The minimum Gasteiger partial charge on any atom is -0.403 e. The van der Waals surface area contributed by atoms with E-state index >= 15 is 0 Å². The van der Waals surface area contributed by atoms with Gasteiger partial charge in [-0.25, -0.2) is 4.39 Å². The molecule has 0 saturated heterocycles. The molecule has 33 heavy (non-hydrogen) atoms. The largest absolute Gasteiger partial charge is 0.573 e. The molecule has 182 valence electrons. The number of rotatable bonds is 7. The Morgan fingerprint density at radius 1 is 0.788 bits per heavy atom. The van der Waals surface area contributed by atoms with Crippen molar-refractivity contribution >= 4 is 10.8 Å². The highest BCUT2D eigenvalue weighted by Gasteiger charge is 2.33. The monoisotopic (exact) mass is 464 g/mol. The van der Waals surface area contributed by atoms with E-state index in [4.69, 9.17) is 0 Å². The fourth-order valence-corrected chi connectivity index (χ4v) is 6.22. The molecule has 0 atom stereocenters. The molecule has 5 heteroatoms. The second kappa shape index (κ2) is 10.7. The summed E-state index contributed by atoms with van der Waals surface area (Å²) < 4.78 is 55.7. The van der Waals surface area contributed by atoms with Crippen LogP contribution in [0.3, 0.4) is 0 Å². The highest BCUT2D eigenvalue weighted by atomic mass is 19.4. The molecule has 0 heterocycles. The van der Waals surface area contributed by atoms with Gasteiger partial charge in [0, 0.05) is 5.39 Å². The number of hydrogen-bond donors (Lipinski definition) is 0. The Bertz CT molecular complexity index is 906. The molecule has 0 aromatic heterocycles. The fraction of sp³-hybridized carbons (Fsp3) is 0.643. The molecule has 2 aliphatic carbocycles. The first-order valence-electron chi connectivity index (χ1n) is 12.8. The van der Waals surface area contributed by atoms with Gasteiger partial charge in [0.15, 0.2) is 11.6 Å². The van der Waals surface area contributed by atoms with Gasteiger partial charge in [0.05, 0.1) is 0 Å². The molecular weight excluding hydrogens is 428 g/mol. The summed E-state index contributed by atoms with van der Waals surface area (Å²) in [7, 11) is 0. The van der Waals surface area contributed by atoms with Crippen LogP contribution in [0.15, 0.2) is 30.3 Å². The van der Waals surface area contributed by atoms with Gasteiger partial charge in [-0.05, 0) is 66.4 Å². The Morgan fingerprint density at radius 3 is 1.94 bits per heavy atom. The molecule has 0 bridgehead atoms. The first kappa shape index (κ1) is 24.3. The van der Waals surface area contributed by atoms with E-state index < -0.39 is 17.9 Å². The Hall–Kier alpha value is -1.78. The van der Waals surface area contributed by atoms with Crippen LogP contribution >= 0.6 is 0 Å². The van der Waals surface area contributed by atoms with Gasteiger partial charge in [-0.15, -0.1) is 13.2 Å². The van der Waals surface area contributed by atoms with Crippen molar-refractivity contribution in [3.05, 3.63) is 41.7 Å². The molecule has 1 nitrogen and oxygen atoms in total. The molecule has 0 amide bonds. The third kappa shape index (κ3) is 6.42. The molecule has 2 aliphatic rings. The van der Waals surface area contributed by atoms with Gasteiger partial charge >= 0.3 is 6.36 Å². The summed E-state index contributed by atoms with van der Waals surface area (Å²) in [6, 6.07) is 8.01. The van der Waals surface area contributed by atoms with Gasteiger partial charge in [0.2, 0.25) is 0 Å². The third-order valence-electron chi connectivity index (χ3n) is 8.13. The average molecular weight is 465 g/mol. The second-order valence-electron chi connectivity index (χ2n) is 10.4. The number of ether oxygens (including phenoxy) is 1. The summed E-state index contributed by atoms with van der Waals surface area (Å²) in [5, 5.41) is 0.795. The number of benzene rings is 2. The van der Waals surface area contributed by atoms with Crippen LogP contribution in [0.25, 0.3) is 10.8 Å². The van der Waals surface area contributed by atoms with Crippen molar-refractivity contribution < 1.29 is 22.3 Å². The SMILES string of the molecule is CCC[C@H]1CC[C@H](CCC2CCC(c3ccc4c(F)c(OC(F)(F)F)ccc4c3)CC2)CC1. The molecule has 0 radical (unpaired) electrons. The molecule has 0 unspecified atom stereocenters. The van der Waals surface area contributed by atoms with Crippen molar-refractivity contribution in [1.29, 1.82) is 0 Å². The highest BCUT2D eigenvalue weighted by Crippen LogP contribution is 2.41. The first-order chi connectivity index (χ1) is 15.8. The van der Waals surface area contributed by atoms with E-state index in [2.05, 4.69) is 11.7 Å². The number of hydrogen-bond acceptors (Lipinski definition) is 1. The highest BCUT2D eigenvalue weighted by molar-refractivity contribution is 5.85. The molecule has 0 aliphatic heterocycles. The lowest BCUT2D eigenvalue weighted by Crippen LogP contribution is -2.18. The summed E-state index contributed by atoms with van der Waals surface area (Å²) >= 11 is 0. The number of alkyl halides is 3. The zero-order valence-electron chi connectivity index (χ0n) is 19.6. The number of fused-ring (bicyclic) bond motifs is 1. The molecule has 4 rings (SSSR count). The Kier molecular flexibility index (Phi) is 7.86. The van der Waals surface area contributed by atoms with E-state index in [-0.39, 0.29) is 5.39 Å². The molecular formula is C28H36F4O. The van der Waals surface area contributed by atoms with E-state index in [0.29, 0.717) is 11.3 Å². The van der Waals surface area contributed by atoms with E-state index in [1.807, 2.05) is 12.1 Å². The minimum absolute atomic E-state index is 0.169. The lowest BCUT2D eigenvalue weighted by Gasteiger charge is -2.32. The zero-order valence-corrected chi connectivity index (χ0v) is 19.6. The summed E-state index contributed by atoms with van der Waals surface area (Å²) in [5.41, 5.74) is 1.17. The summed E-state index contributed by atoms with van der Waals surface area (Å²) in [5.74, 6) is 1.43. The van der Waals surface area contributed by atoms with Gasteiger partial charge in [-0.3, -0.25) is 0 Å². The molecule has 2 aromatic rings. The van der Waals surface area contributed by atoms with Crippen molar-refractivity contribution in [3.63, 3.8) is 0 Å². The van der Waals surface area contributed by atoms with Crippen molar-refractivity contribution in [2.24, 2.45) is 17.8 Å². The third-order valence-corrected chi connectivity index (χ3v) is 8.13. The van der Waals surface area contributed by atoms with Crippen molar-refractivity contribution in [3.8, 4) is 5.75 Å². The van der Waals surface area contributed by atoms with E-state index in [9.17, 15) is 17.6 Å². The zero-order chi connectivity index (χ0) is 23.4. The number of halogens is 4. The average Bonchev–Trinajstić information content (AvgIpc) is 2.80. The van der Waals surface area contributed by atoms with Crippen LogP contribution in [0.1, 0.15) is 95.5 Å². The van der Waals surface area contributed by atoms with Crippen LogP contribution in [0.4, 0.5) is 17.6 Å². The van der Waals surface area contributed by atoms with Crippen LogP contribution in [-0.4, -0.2) is 6.36 Å². The van der Waals surface area contributed by atoms with Crippen LogP contribution in [0.5, 0.6) is 5.75 Å². The maximum absolute atomic E-state index is 14.5. The standard InChI is InChI=1S/C28H36F4O/c1-2-3-19-4-6-20(7-5-19)8-9-21-10-12-22(13-11-21)23-14-16-25-24(18-23)15-17-26(27(25)29)33-28(30,31)32/h14-22H,2-13H2,1H3/t19-,20-,21?,22?. The van der Waals surface area contributed by atoms with Gasteiger partial charge in [0.1, 0.15) is 0 Å². The second-order valence-corrected chi connectivity index (χ2v) is 10.4. The van der Waals surface area contributed by atoms with Gasteiger partial charge < -0.3 is 4.74 Å². The molecule has 0 N–H and O–H groups in total. The van der Waals surface area contributed by atoms with Crippen LogP contribution < -0.4 is 4.74 Å². The van der Waals surface area contributed by atoms with Crippen LogP contribution in [-0.2, 0) is 0 Å². The van der Waals surface area contributed by atoms with Crippen LogP contribution in [0, 0.1) is 23.6 Å². The molecule has 2 fully saturated rings. The lowest BCUT2D eigenvalue weighted by molar-refractivity contribution is -0.275. The van der Waals surface area contributed by atoms with E-state index in [0.717, 1.165) is 36.7 Å². The van der Waals surface area contributed by atoms with Crippen LogP contribution in [0.2, 0.25) is 0 Å². The Labute approximate surface area is 194 Å². The quantitative estimate of drug-likeness (QED) is 0.371. The smallest absolute Gasteiger partial charge is 0.403 e.